The van der Waals surface area contributed by atoms with Crippen LogP contribution in [0.3, 0.4) is 0 Å². The summed E-state index contributed by atoms with van der Waals surface area (Å²) in [5.41, 5.74) is 7.31. The highest BCUT2D eigenvalue weighted by atomic mass is 32.1. The van der Waals surface area contributed by atoms with Crippen molar-refractivity contribution in [3.8, 4) is 10.6 Å². The molecule has 2 rings (SSSR count). The van der Waals surface area contributed by atoms with Gasteiger partial charge >= 0.3 is 0 Å². The molecule has 0 fully saturated rings. The van der Waals surface area contributed by atoms with Gasteiger partial charge < -0.3 is 5.73 Å². The molecule has 18 heavy (non-hydrogen) atoms. The maximum atomic E-state index is 13.7. The lowest BCUT2D eigenvalue weighted by Gasteiger charge is -2.09. The average molecular weight is 264 g/mol. The van der Waals surface area contributed by atoms with Gasteiger partial charge in [-0.3, -0.25) is 0 Å². The normalized spacial score (nSPS) is 12.7. The van der Waals surface area contributed by atoms with Crippen molar-refractivity contribution in [1.82, 2.24) is 4.98 Å². The van der Waals surface area contributed by atoms with Crippen LogP contribution in [0.25, 0.3) is 10.6 Å². The van der Waals surface area contributed by atoms with Crippen LogP contribution in [0.2, 0.25) is 0 Å². The third-order valence-corrected chi connectivity index (χ3v) is 4.44. The Morgan fingerprint density at radius 1 is 1.39 bits per heavy atom. The largest absolute Gasteiger partial charge is 0.330 e. The van der Waals surface area contributed by atoms with Gasteiger partial charge in [-0.25, -0.2) is 9.37 Å². The lowest BCUT2D eigenvalue weighted by atomic mass is 10.0. The second-order valence-electron chi connectivity index (χ2n) is 4.29. The smallest absolute Gasteiger partial charge is 0.133 e. The Labute approximate surface area is 111 Å². The topological polar surface area (TPSA) is 38.9 Å². The Bertz CT molecular complexity index is 532. The first kappa shape index (κ1) is 13.2. The van der Waals surface area contributed by atoms with Gasteiger partial charge in [-0.2, -0.15) is 0 Å². The Kier molecular flexibility index (Phi) is 4.09. The van der Waals surface area contributed by atoms with E-state index >= 15 is 0 Å². The van der Waals surface area contributed by atoms with Crippen LogP contribution in [-0.2, 0) is 0 Å². The summed E-state index contributed by atoms with van der Waals surface area (Å²) >= 11 is 1.55. The fourth-order valence-corrected chi connectivity index (χ4v) is 3.29. The molecule has 0 amide bonds. The molecule has 2 N–H and O–H groups in total. The molecule has 0 aliphatic rings. The summed E-state index contributed by atoms with van der Waals surface area (Å²) in [6, 6.07) is 6.75. The molecular formula is C14H17FN2S. The molecule has 4 heteroatoms. The minimum atomic E-state index is -0.224. The van der Waals surface area contributed by atoms with Crippen molar-refractivity contribution in [2.45, 2.75) is 26.2 Å². The molecule has 1 aromatic carbocycles. The first-order valence-corrected chi connectivity index (χ1v) is 6.91. The van der Waals surface area contributed by atoms with E-state index in [9.17, 15) is 4.39 Å². The van der Waals surface area contributed by atoms with Gasteiger partial charge in [0.15, 0.2) is 0 Å². The highest BCUT2D eigenvalue weighted by Crippen LogP contribution is 2.34. The van der Waals surface area contributed by atoms with E-state index in [1.807, 2.05) is 13.0 Å². The summed E-state index contributed by atoms with van der Waals surface area (Å²) in [4.78, 5) is 5.66. The van der Waals surface area contributed by atoms with E-state index in [1.54, 1.807) is 23.5 Å². The van der Waals surface area contributed by atoms with Crippen molar-refractivity contribution in [2.75, 3.05) is 6.54 Å². The molecule has 0 bridgehead atoms. The minimum absolute atomic E-state index is 0.224. The summed E-state index contributed by atoms with van der Waals surface area (Å²) in [6.07, 6.45) is 0.982. The minimum Gasteiger partial charge on any atom is -0.330 e. The summed E-state index contributed by atoms with van der Waals surface area (Å²) < 4.78 is 13.7. The molecule has 96 valence electrons. The maximum absolute atomic E-state index is 13.7. The van der Waals surface area contributed by atoms with Crippen LogP contribution in [0.4, 0.5) is 4.39 Å². The zero-order chi connectivity index (χ0) is 13.1. The number of aromatic nitrogens is 1. The standard InChI is InChI=1S/C14H17FN2S/c1-3-10(8-16)13-9(2)17-14(18-13)11-6-4-5-7-12(11)15/h4-7,10H,3,8,16H2,1-2H3. The maximum Gasteiger partial charge on any atom is 0.133 e. The van der Waals surface area contributed by atoms with Crippen LogP contribution in [0.1, 0.15) is 29.8 Å². The fraction of sp³-hybridized carbons (Fsp3) is 0.357. The molecule has 1 atom stereocenters. The number of hydrogen-bond acceptors (Lipinski definition) is 3. The van der Waals surface area contributed by atoms with Gasteiger partial charge in [0.25, 0.3) is 0 Å². The molecule has 0 aliphatic heterocycles. The third-order valence-electron chi connectivity index (χ3n) is 3.08. The first-order valence-electron chi connectivity index (χ1n) is 6.09. The number of hydrogen-bond donors (Lipinski definition) is 1. The summed E-state index contributed by atoms with van der Waals surface area (Å²) in [5.74, 6) is 0.0987. The monoisotopic (exact) mass is 264 g/mol. The number of nitrogens with two attached hydrogens (primary N) is 1. The molecule has 1 heterocycles. The SMILES string of the molecule is CCC(CN)c1sc(-c2ccccc2F)nc1C. The van der Waals surface area contributed by atoms with Crippen molar-refractivity contribution >= 4 is 11.3 Å². The van der Waals surface area contributed by atoms with Crippen molar-refractivity contribution in [2.24, 2.45) is 5.73 Å². The van der Waals surface area contributed by atoms with Gasteiger partial charge in [0.1, 0.15) is 10.8 Å². The Morgan fingerprint density at radius 3 is 2.72 bits per heavy atom. The van der Waals surface area contributed by atoms with Gasteiger partial charge in [0.05, 0.1) is 5.69 Å². The van der Waals surface area contributed by atoms with Crippen molar-refractivity contribution in [3.05, 3.63) is 40.7 Å². The number of rotatable bonds is 4. The Hall–Kier alpha value is -1.26. The molecule has 1 aromatic heterocycles. The van der Waals surface area contributed by atoms with Crippen molar-refractivity contribution in [3.63, 3.8) is 0 Å². The van der Waals surface area contributed by atoms with Gasteiger partial charge in [0, 0.05) is 22.9 Å². The molecule has 2 aromatic rings. The average Bonchev–Trinajstić information content (AvgIpc) is 2.74. The number of aryl methyl sites for hydroxylation is 1. The summed E-state index contributed by atoms with van der Waals surface area (Å²) in [6.45, 7) is 4.68. The van der Waals surface area contributed by atoms with E-state index in [-0.39, 0.29) is 5.82 Å². The lowest BCUT2D eigenvalue weighted by Crippen LogP contribution is -2.11. The van der Waals surface area contributed by atoms with Crippen LogP contribution >= 0.6 is 11.3 Å². The number of benzene rings is 1. The zero-order valence-corrected chi connectivity index (χ0v) is 11.4. The van der Waals surface area contributed by atoms with Crippen LogP contribution in [0.5, 0.6) is 0 Å². The molecule has 0 saturated carbocycles. The summed E-state index contributed by atoms with van der Waals surface area (Å²) in [5, 5.41) is 0.743. The predicted molar refractivity (Wildman–Crippen MR) is 74.3 cm³/mol. The fourth-order valence-electron chi connectivity index (χ4n) is 2.00. The van der Waals surface area contributed by atoms with Crippen LogP contribution in [0.15, 0.2) is 24.3 Å². The van der Waals surface area contributed by atoms with Crippen LogP contribution in [0, 0.1) is 12.7 Å². The van der Waals surface area contributed by atoms with Gasteiger partial charge in [0.2, 0.25) is 0 Å². The van der Waals surface area contributed by atoms with E-state index < -0.39 is 0 Å². The number of nitrogens with zero attached hydrogens (tertiary/aromatic N) is 1. The van der Waals surface area contributed by atoms with Crippen molar-refractivity contribution < 1.29 is 4.39 Å². The van der Waals surface area contributed by atoms with Gasteiger partial charge in [-0.15, -0.1) is 11.3 Å². The second kappa shape index (κ2) is 5.59. The molecule has 2 nitrogen and oxygen atoms in total. The van der Waals surface area contributed by atoms with Gasteiger partial charge in [-0.05, 0) is 25.5 Å². The van der Waals surface area contributed by atoms with Crippen LogP contribution < -0.4 is 5.73 Å². The molecule has 0 aliphatic carbocycles. The highest BCUT2D eigenvalue weighted by molar-refractivity contribution is 7.15. The first-order chi connectivity index (χ1) is 8.67. The predicted octanol–water partition coefficient (Wildman–Crippen LogP) is 3.71. The van der Waals surface area contributed by atoms with E-state index in [0.29, 0.717) is 18.0 Å². The van der Waals surface area contributed by atoms with E-state index in [0.717, 1.165) is 17.1 Å². The molecule has 1 unspecified atom stereocenters. The number of thiazole rings is 1. The van der Waals surface area contributed by atoms with Crippen molar-refractivity contribution in [1.29, 1.82) is 0 Å². The Morgan fingerprint density at radius 2 is 2.11 bits per heavy atom. The zero-order valence-electron chi connectivity index (χ0n) is 10.6. The molecule has 0 radical (unpaired) electrons. The summed E-state index contributed by atoms with van der Waals surface area (Å²) in [7, 11) is 0. The van der Waals surface area contributed by atoms with E-state index in [2.05, 4.69) is 11.9 Å². The van der Waals surface area contributed by atoms with E-state index in [1.165, 1.54) is 10.9 Å². The molecule has 0 saturated heterocycles. The highest BCUT2D eigenvalue weighted by Gasteiger charge is 2.17. The molecular weight excluding hydrogens is 247 g/mol. The molecule has 0 spiro atoms. The van der Waals surface area contributed by atoms with Crippen LogP contribution in [-0.4, -0.2) is 11.5 Å². The van der Waals surface area contributed by atoms with E-state index in [4.69, 9.17) is 5.73 Å². The van der Waals surface area contributed by atoms with Gasteiger partial charge in [-0.1, -0.05) is 19.1 Å². The quantitative estimate of drug-likeness (QED) is 0.914. The lowest BCUT2D eigenvalue weighted by molar-refractivity contribution is 0.631. The second-order valence-corrected chi connectivity index (χ2v) is 5.32. The third kappa shape index (κ3) is 2.44. The number of halogens is 1. The Balaban J connectivity index is 2.43.